The highest BCUT2D eigenvalue weighted by Gasteiger charge is 2.30. The molecule has 6 heteroatoms. The Balaban J connectivity index is 2.04. The lowest BCUT2D eigenvalue weighted by Crippen LogP contribution is -2.33. The number of hydrogen-bond acceptors (Lipinski definition) is 3. The van der Waals surface area contributed by atoms with Crippen molar-refractivity contribution in [1.29, 1.82) is 0 Å². The van der Waals surface area contributed by atoms with Crippen molar-refractivity contribution >= 4 is 27.8 Å². The number of carbonyl (C=O) groups excluding carboxylic acids is 1. The lowest BCUT2D eigenvalue weighted by Gasteiger charge is -2.14. The maximum Gasteiger partial charge on any atom is 0.306 e. The molecule has 2 rings (SSSR count). The van der Waals surface area contributed by atoms with Crippen molar-refractivity contribution in [3.05, 3.63) is 28.2 Å². The molecular formula is C14H16BrNO4. The topological polar surface area (TPSA) is 75.6 Å². The van der Waals surface area contributed by atoms with Gasteiger partial charge < -0.3 is 15.2 Å². The zero-order chi connectivity index (χ0) is 14.7. The number of amides is 1. The van der Waals surface area contributed by atoms with Crippen LogP contribution in [0.3, 0.4) is 0 Å². The van der Waals surface area contributed by atoms with Gasteiger partial charge in [0.25, 0.3) is 5.91 Å². The van der Waals surface area contributed by atoms with E-state index < -0.39 is 5.97 Å². The summed E-state index contributed by atoms with van der Waals surface area (Å²) in [5.41, 5.74) is 0.489. The SMILES string of the molecule is COc1ccc(Br)c(C(=O)NC2CCC(C(=O)O)C2)c1. The summed E-state index contributed by atoms with van der Waals surface area (Å²) in [5, 5.41) is 11.8. The van der Waals surface area contributed by atoms with Crippen LogP contribution < -0.4 is 10.1 Å². The first-order valence-corrected chi connectivity index (χ1v) is 7.17. The Morgan fingerprint density at radius 2 is 2.15 bits per heavy atom. The quantitative estimate of drug-likeness (QED) is 0.881. The van der Waals surface area contributed by atoms with Gasteiger partial charge in [0.1, 0.15) is 5.75 Å². The molecule has 20 heavy (non-hydrogen) atoms. The number of hydrogen-bond donors (Lipinski definition) is 2. The number of methoxy groups -OCH3 is 1. The summed E-state index contributed by atoms with van der Waals surface area (Å²) in [5.74, 6) is -0.752. The van der Waals surface area contributed by atoms with Crippen LogP contribution in [0.1, 0.15) is 29.6 Å². The van der Waals surface area contributed by atoms with Gasteiger partial charge in [0.05, 0.1) is 18.6 Å². The number of halogens is 1. The number of carboxylic acids is 1. The van der Waals surface area contributed by atoms with Crippen molar-refractivity contribution < 1.29 is 19.4 Å². The van der Waals surface area contributed by atoms with Crippen LogP contribution in [-0.2, 0) is 4.79 Å². The fourth-order valence-corrected chi connectivity index (χ4v) is 2.83. The third kappa shape index (κ3) is 3.30. The summed E-state index contributed by atoms with van der Waals surface area (Å²) < 4.78 is 5.78. The van der Waals surface area contributed by atoms with Gasteiger partial charge in [-0.2, -0.15) is 0 Å². The smallest absolute Gasteiger partial charge is 0.306 e. The minimum Gasteiger partial charge on any atom is -0.497 e. The molecule has 1 amide bonds. The van der Waals surface area contributed by atoms with Crippen molar-refractivity contribution in [3.63, 3.8) is 0 Å². The largest absolute Gasteiger partial charge is 0.497 e. The lowest BCUT2D eigenvalue weighted by molar-refractivity contribution is -0.141. The van der Waals surface area contributed by atoms with E-state index in [1.165, 1.54) is 0 Å². The first-order chi connectivity index (χ1) is 9.51. The molecule has 2 atom stereocenters. The Morgan fingerprint density at radius 3 is 2.75 bits per heavy atom. The third-order valence-corrected chi connectivity index (χ3v) is 4.23. The minimum atomic E-state index is -0.788. The first-order valence-electron chi connectivity index (χ1n) is 6.38. The fraction of sp³-hybridized carbons (Fsp3) is 0.429. The molecular weight excluding hydrogens is 326 g/mol. The van der Waals surface area contributed by atoms with Gasteiger partial charge in [-0.25, -0.2) is 0 Å². The van der Waals surface area contributed by atoms with Gasteiger partial charge in [-0.1, -0.05) is 0 Å². The highest BCUT2D eigenvalue weighted by atomic mass is 79.9. The normalized spacial score (nSPS) is 21.5. The predicted octanol–water partition coefficient (Wildman–Crippen LogP) is 2.44. The zero-order valence-electron chi connectivity index (χ0n) is 11.1. The standard InChI is InChI=1S/C14H16BrNO4/c1-20-10-4-5-12(15)11(7-10)13(17)16-9-3-2-8(6-9)14(18)19/h4-5,7-9H,2-3,6H2,1H3,(H,16,17)(H,18,19). The van der Waals surface area contributed by atoms with Crippen LogP contribution >= 0.6 is 15.9 Å². The van der Waals surface area contributed by atoms with Gasteiger partial charge in [0.15, 0.2) is 0 Å². The van der Waals surface area contributed by atoms with Crippen LogP contribution in [0.25, 0.3) is 0 Å². The summed E-state index contributed by atoms with van der Waals surface area (Å²) in [6, 6.07) is 5.09. The van der Waals surface area contributed by atoms with Crippen molar-refractivity contribution in [2.45, 2.75) is 25.3 Å². The molecule has 108 valence electrons. The second kappa shape index (κ2) is 6.26. The van der Waals surface area contributed by atoms with Crippen LogP contribution in [0.2, 0.25) is 0 Å². The summed E-state index contributed by atoms with van der Waals surface area (Å²) in [7, 11) is 1.54. The molecule has 1 aromatic carbocycles. The van der Waals surface area contributed by atoms with E-state index in [1.807, 2.05) is 0 Å². The van der Waals surface area contributed by atoms with Gasteiger partial charge in [0.2, 0.25) is 0 Å². The number of carbonyl (C=O) groups is 2. The van der Waals surface area contributed by atoms with Crippen LogP contribution in [0.15, 0.2) is 22.7 Å². The summed E-state index contributed by atoms with van der Waals surface area (Å²) in [6.07, 6.45) is 1.80. The van der Waals surface area contributed by atoms with Crippen LogP contribution in [0, 0.1) is 5.92 Å². The number of nitrogens with one attached hydrogen (secondary N) is 1. The Labute approximate surface area is 125 Å². The molecule has 1 aromatic rings. The number of carboxylic acid groups (broad SMARTS) is 1. The van der Waals surface area contributed by atoms with Gasteiger partial charge in [-0.05, 0) is 53.4 Å². The summed E-state index contributed by atoms with van der Waals surface area (Å²) in [6.45, 7) is 0. The first kappa shape index (κ1) is 14.8. The van der Waals surface area contributed by atoms with Crippen LogP contribution in [0.4, 0.5) is 0 Å². The molecule has 1 aliphatic carbocycles. The Morgan fingerprint density at radius 1 is 1.40 bits per heavy atom. The van der Waals surface area contributed by atoms with E-state index in [0.29, 0.717) is 35.0 Å². The van der Waals surface area contributed by atoms with E-state index in [2.05, 4.69) is 21.2 Å². The molecule has 0 heterocycles. The number of benzene rings is 1. The third-order valence-electron chi connectivity index (χ3n) is 3.54. The monoisotopic (exact) mass is 341 g/mol. The van der Waals surface area contributed by atoms with E-state index in [9.17, 15) is 9.59 Å². The van der Waals surface area contributed by atoms with Gasteiger partial charge in [-0.15, -0.1) is 0 Å². The lowest BCUT2D eigenvalue weighted by atomic mass is 10.1. The molecule has 1 fully saturated rings. The minimum absolute atomic E-state index is 0.0818. The van der Waals surface area contributed by atoms with Crippen LogP contribution in [0.5, 0.6) is 5.75 Å². The molecule has 5 nitrogen and oxygen atoms in total. The molecule has 2 N–H and O–H groups in total. The van der Waals surface area contributed by atoms with Gasteiger partial charge in [0, 0.05) is 10.5 Å². The molecule has 0 spiro atoms. The summed E-state index contributed by atoms with van der Waals surface area (Å²) >= 11 is 3.33. The second-order valence-electron chi connectivity index (χ2n) is 4.86. The number of rotatable bonds is 4. The molecule has 0 saturated heterocycles. The highest BCUT2D eigenvalue weighted by Crippen LogP contribution is 2.27. The van der Waals surface area contributed by atoms with Crippen molar-refractivity contribution in [1.82, 2.24) is 5.32 Å². The fourth-order valence-electron chi connectivity index (χ4n) is 2.41. The number of ether oxygens (including phenoxy) is 1. The van der Waals surface area contributed by atoms with E-state index >= 15 is 0 Å². The van der Waals surface area contributed by atoms with Crippen LogP contribution in [-0.4, -0.2) is 30.1 Å². The maximum atomic E-state index is 12.2. The average Bonchev–Trinajstić information content (AvgIpc) is 2.88. The Kier molecular flexibility index (Phi) is 4.65. The van der Waals surface area contributed by atoms with Gasteiger partial charge in [-0.3, -0.25) is 9.59 Å². The molecule has 1 saturated carbocycles. The average molecular weight is 342 g/mol. The van der Waals surface area contributed by atoms with E-state index in [1.54, 1.807) is 25.3 Å². The Hall–Kier alpha value is -1.56. The number of aliphatic carboxylic acids is 1. The molecule has 0 radical (unpaired) electrons. The molecule has 2 unspecified atom stereocenters. The second-order valence-corrected chi connectivity index (χ2v) is 5.72. The summed E-state index contributed by atoms with van der Waals surface area (Å²) in [4.78, 5) is 23.1. The zero-order valence-corrected chi connectivity index (χ0v) is 12.6. The predicted molar refractivity (Wildman–Crippen MR) is 76.9 cm³/mol. The molecule has 0 bridgehead atoms. The van der Waals surface area contributed by atoms with Crippen molar-refractivity contribution in [2.75, 3.05) is 7.11 Å². The molecule has 1 aliphatic rings. The van der Waals surface area contributed by atoms with E-state index in [-0.39, 0.29) is 17.9 Å². The van der Waals surface area contributed by atoms with Crippen molar-refractivity contribution in [2.24, 2.45) is 5.92 Å². The Bertz CT molecular complexity index is 532. The van der Waals surface area contributed by atoms with E-state index in [4.69, 9.17) is 9.84 Å². The van der Waals surface area contributed by atoms with E-state index in [0.717, 1.165) is 0 Å². The highest BCUT2D eigenvalue weighted by molar-refractivity contribution is 9.10. The molecule has 0 aromatic heterocycles. The van der Waals surface area contributed by atoms with Gasteiger partial charge >= 0.3 is 5.97 Å². The maximum absolute atomic E-state index is 12.2. The molecule has 0 aliphatic heterocycles. The van der Waals surface area contributed by atoms with Crippen molar-refractivity contribution in [3.8, 4) is 5.75 Å².